The van der Waals surface area contributed by atoms with Gasteiger partial charge in [0.2, 0.25) is 0 Å². The zero-order valence-corrected chi connectivity index (χ0v) is 15.1. The largest absolute Gasteiger partial charge is 0.462 e. The Labute approximate surface area is 156 Å². The number of hydrogen-bond donors (Lipinski definition) is 1. The summed E-state index contributed by atoms with van der Waals surface area (Å²) in [6.45, 7) is 4.06. The van der Waals surface area contributed by atoms with Gasteiger partial charge in [0, 0.05) is 16.8 Å². The lowest BCUT2D eigenvalue weighted by Crippen LogP contribution is -2.12. The molecule has 3 aromatic rings. The van der Waals surface area contributed by atoms with E-state index in [0.717, 1.165) is 12.0 Å². The van der Waals surface area contributed by atoms with Crippen molar-refractivity contribution in [3.8, 4) is 11.5 Å². The van der Waals surface area contributed by atoms with Gasteiger partial charge in [-0.3, -0.25) is 4.79 Å². The van der Waals surface area contributed by atoms with Crippen LogP contribution in [0, 0.1) is 6.92 Å². The van der Waals surface area contributed by atoms with Crippen LogP contribution in [0.3, 0.4) is 0 Å². The van der Waals surface area contributed by atoms with E-state index in [2.05, 4.69) is 15.5 Å². The van der Waals surface area contributed by atoms with Gasteiger partial charge in [-0.1, -0.05) is 12.1 Å². The maximum absolute atomic E-state index is 12.4. The lowest BCUT2D eigenvalue weighted by molar-refractivity contribution is 0.0505. The number of rotatable bonds is 6. The lowest BCUT2D eigenvalue weighted by atomic mass is 10.1. The van der Waals surface area contributed by atoms with E-state index in [1.165, 1.54) is 0 Å². The summed E-state index contributed by atoms with van der Waals surface area (Å²) in [4.78, 5) is 28.3. The second kappa shape index (κ2) is 8.27. The highest BCUT2D eigenvalue weighted by Gasteiger charge is 2.11. The fourth-order valence-corrected chi connectivity index (χ4v) is 2.35. The van der Waals surface area contributed by atoms with Crippen molar-refractivity contribution in [2.45, 2.75) is 20.3 Å². The molecule has 7 nitrogen and oxygen atoms in total. The van der Waals surface area contributed by atoms with Gasteiger partial charge in [0.1, 0.15) is 0 Å². The third kappa shape index (κ3) is 4.58. The normalized spacial score (nSPS) is 10.4. The van der Waals surface area contributed by atoms with Crippen molar-refractivity contribution in [2.24, 2.45) is 0 Å². The Morgan fingerprint density at radius 1 is 1.04 bits per heavy atom. The van der Waals surface area contributed by atoms with E-state index in [1.54, 1.807) is 55.5 Å². The molecule has 0 aliphatic heterocycles. The summed E-state index contributed by atoms with van der Waals surface area (Å²) in [6.07, 6.45) is 0.769. The minimum atomic E-state index is -0.374. The molecule has 0 spiro atoms. The van der Waals surface area contributed by atoms with E-state index in [-0.39, 0.29) is 11.9 Å². The summed E-state index contributed by atoms with van der Waals surface area (Å²) in [5.74, 6) is 0.324. The van der Waals surface area contributed by atoms with E-state index in [4.69, 9.17) is 9.26 Å². The monoisotopic (exact) mass is 365 g/mol. The predicted octanol–water partition coefficient (Wildman–Crippen LogP) is 3.86. The summed E-state index contributed by atoms with van der Waals surface area (Å²) in [6, 6.07) is 13.4. The molecule has 0 bridgehead atoms. The Bertz CT molecular complexity index is 931. The highest BCUT2D eigenvalue weighted by atomic mass is 16.5. The van der Waals surface area contributed by atoms with Crippen LogP contribution in [0.25, 0.3) is 11.5 Å². The topological polar surface area (TPSA) is 94.3 Å². The highest BCUT2D eigenvalue weighted by Crippen LogP contribution is 2.18. The van der Waals surface area contributed by atoms with Gasteiger partial charge in [-0.2, -0.15) is 4.98 Å². The van der Waals surface area contributed by atoms with Gasteiger partial charge in [0.15, 0.2) is 5.82 Å². The number of amides is 1. The molecule has 0 unspecified atom stereocenters. The molecular formula is C20H19N3O4. The number of esters is 1. The van der Waals surface area contributed by atoms with Gasteiger partial charge in [-0.15, -0.1) is 0 Å². The molecule has 0 atom stereocenters. The quantitative estimate of drug-likeness (QED) is 0.667. The van der Waals surface area contributed by atoms with Gasteiger partial charge in [-0.25, -0.2) is 4.79 Å². The number of carbonyl (C=O) groups is 2. The molecule has 1 heterocycles. The summed E-state index contributed by atoms with van der Waals surface area (Å²) < 4.78 is 10.2. The molecule has 0 aliphatic carbocycles. The van der Waals surface area contributed by atoms with Crippen LogP contribution in [-0.4, -0.2) is 28.6 Å². The minimum absolute atomic E-state index is 0.260. The molecule has 7 heteroatoms. The van der Waals surface area contributed by atoms with Crippen molar-refractivity contribution in [1.82, 2.24) is 10.1 Å². The van der Waals surface area contributed by atoms with Crippen molar-refractivity contribution in [3.05, 3.63) is 65.5 Å². The van der Waals surface area contributed by atoms with Crippen molar-refractivity contribution in [2.75, 3.05) is 11.9 Å². The Morgan fingerprint density at radius 3 is 2.30 bits per heavy atom. The number of aryl methyl sites for hydroxylation is 1. The van der Waals surface area contributed by atoms with Gasteiger partial charge >= 0.3 is 5.97 Å². The van der Waals surface area contributed by atoms with Crippen LogP contribution < -0.4 is 5.32 Å². The highest BCUT2D eigenvalue weighted by molar-refractivity contribution is 6.04. The number of benzene rings is 2. The molecule has 138 valence electrons. The Balaban J connectivity index is 1.64. The van der Waals surface area contributed by atoms with Gasteiger partial charge < -0.3 is 14.6 Å². The molecule has 0 aliphatic rings. The van der Waals surface area contributed by atoms with E-state index in [0.29, 0.717) is 35.1 Å². The summed E-state index contributed by atoms with van der Waals surface area (Å²) in [7, 11) is 0. The first-order valence-corrected chi connectivity index (χ1v) is 8.56. The number of nitrogens with zero attached hydrogens (tertiary/aromatic N) is 2. The average Bonchev–Trinajstić information content (AvgIpc) is 3.13. The third-order valence-corrected chi connectivity index (χ3v) is 3.74. The van der Waals surface area contributed by atoms with Gasteiger partial charge in [-0.05, 0) is 61.9 Å². The van der Waals surface area contributed by atoms with Gasteiger partial charge in [0.25, 0.3) is 11.8 Å². The lowest BCUT2D eigenvalue weighted by Gasteiger charge is -2.07. The number of hydrogen-bond acceptors (Lipinski definition) is 6. The van der Waals surface area contributed by atoms with E-state index < -0.39 is 0 Å². The Hall–Kier alpha value is -3.48. The molecule has 0 saturated carbocycles. The van der Waals surface area contributed by atoms with Crippen LogP contribution in [0.4, 0.5) is 5.69 Å². The molecule has 0 fully saturated rings. The first-order valence-electron chi connectivity index (χ1n) is 8.56. The number of nitrogens with one attached hydrogen (secondary N) is 1. The average molecular weight is 365 g/mol. The van der Waals surface area contributed by atoms with Crippen LogP contribution in [0.2, 0.25) is 0 Å². The van der Waals surface area contributed by atoms with E-state index >= 15 is 0 Å². The third-order valence-electron chi connectivity index (χ3n) is 3.74. The van der Waals surface area contributed by atoms with Crippen LogP contribution >= 0.6 is 0 Å². The smallest absolute Gasteiger partial charge is 0.338 e. The van der Waals surface area contributed by atoms with Crippen molar-refractivity contribution in [3.63, 3.8) is 0 Å². The Morgan fingerprint density at radius 2 is 1.70 bits per heavy atom. The maximum atomic E-state index is 12.4. The van der Waals surface area contributed by atoms with Crippen LogP contribution in [0.1, 0.15) is 39.9 Å². The molecular weight excluding hydrogens is 346 g/mol. The summed E-state index contributed by atoms with van der Waals surface area (Å²) in [5, 5.41) is 6.53. The second-order valence-electron chi connectivity index (χ2n) is 5.89. The number of carbonyl (C=O) groups excluding carboxylic acids is 2. The first kappa shape index (κ1) is 18.3. The van der Waals surface area contributed by atoms with Crippen molar-refractivity contribution < 1.29 is 18.8 Å². The van der Waals surface area contributed by atoms with E-state index in [9.17, 15) is 9.59 Å². The second-order valence-corrected chi connectivity index (χ2v) is 5.89. The summed E-state index contributed by atoms with van der Waals surface area (Å²) >= 11 is 0. The molecule has 0 radical (unpaired) electrons. The summed E-state index contributed by atoms with van der Waals surface area (Å²) in [5.41, 5.74) is 2.26. The standard InChI is InChI=1S/C20H19N3O4/c1-3-12-26-20(25)16-8-10-17(11-9-16)22-18(24)14-4-6-15(7-5-14)19-21-13(2)23-27-19/h4-11H,3,12H2,1-2H3,(H,22,24). The SMILES string of the molecule is CCCOC(=O)c1ccc(NC(=O)c2ccc(-c3nc(C)no3)cc2)cc1. The minimum Gasteiger partial charge on any atom is -0.462 e. The molecule has 1 N–H and O–H groups in total. The zero-order chi connectivity index (χ0) is 19.2. The van der Waals surface area contributed by atoms with E-state index in [1.807, 2.05) is 6.92 Å². The number of ether oxygens (including phenoxy) is 1. The zero-order valence-electron chi connectivity index (χ0n) is 15.1. The molecule has 0 saturated heterocycles. The number of aromatic nitrogens is 2. The van der Waals surface area contributed by atoms with Crippen molar-refractivity contribution in [1.29, 1.82) is 0 Å². The van der Waals surface area contributed by atoms with Crippen LogP contribution in [0.15, 0.2) is 53.1 Å². The van der Waals surface area contributed by atoms with Crippen molar-refractivity contribution >= 4 is 17.6 Å². The number of anilines is 1. The van der Waals surface area contributed by atoms with Gasteiger partial charge in [0.05, 0.1) is 12.2 Å². The molecule has 2 aromatic carbocycles. The first-order chi connectivity index (χ1) is 13.1. The van der Waals surface area contributed by atoms with Crippen LogP contribution in [0.5, 0.6) is 0 Å². The predicted molar refractivity (Wildman–Crippen MR) is 99.4 cm³/mol. The molecule has 27 heavy (non-hydrogen) atoms. The fourth-order valence-electron chi connectivity index (χ4n) is 2.35. The molecule has 1 aromatic heterocycles. The molecule has 1 amide bonds. The van der Waals surface area contributed by atoms with Crippen LogP contribution in [-0.2, 0) is 4.74 Å². The fraction of sp³-hybridized carbons (Fsp3) is 0.200. The molecule has 3 rings (SSSR count). The maximum Gasteiger partial charge on any atom is 0.338 e. The Kier molecular flexibility index (Phi) is 5.61.